The van der Waals surface area contributed by atoms with E-state index in [9.17, 15) is 0 Å². The quantitative estimate of drug-likeness (QED) is 0.428. The number of allylic oxidation sites excluding steroid dienone is 2. The van der Waals surface area contributed by atoms with Crippen LogP contribution in [0, 0.1) is 35.5 Å². The largest absolute Gasteiger partial charge is 0.494 e. The summed E-state index contributed by atoms with van der Waals surface area (Å²) in [6.45, 7) is 5.29. The van der Waals surface area contributed by atoms with Crippen LogP contribution in [0.3, 0.4) is 0 Å². The standard InChI is InChI=1S/C25H32O/c1-3-5-10-21-26-25-19-17-24(18-20-25)12-9-7-6-8-11-23-15-13-22(4-2)14-16-23/h6-7,17-20,22-23H,3-5,10,13-16,21H2,1-2H3/b7-6+. The van der Waals surface area contributed by atoms with Gasteiger partial charge in [0, 0.05) is 11.5 Å². The predicted octanol–water partition coefficient (Wildman–Crippen LogP) is 6.38. The van der Waals surface area contributed by atoms with Crippen LogP contribution in [-0.4, -0.2) is 6.61 Å². The van der Waals surface area contributed by atoms with Gasteiger partial charge < -0.3 is 4.74 Å². The van der Waals surface area contributed by atoms with Crippen molar-refractivity contribution in [2.45, 2.75) is 65.2 Å². The van der Waals surface area contributed by atoms with E-state index in [-0.39, 0.29) is 0 Å². The minimum Gasteiger partial charge on any atom is -0.494 e. The second kappa shape index (κ2) is 12.3. The van der Waals surface area contributed by atoms with Crippen molar-refractivity contribution in [3.63, 3.8) is 0 Å². The molecule has 1 aromatic carbocycles. The van der Waals surface area contributed by atoms with E-state index in [1.807, 2.05) is 36.4 Å². The Bertz CT molecular complexity index is 652. The zero-order valence-corrected chi connectivity index (χ0v) is 16.4. The lowest BCUT2D eigenvalue weighted by Crippen LogP contribution is -2.12. The van der Waals surface area contributed by atoms with Gasteiger partial charge in [0.25, 0.3) is 0 Å². The Balaban J connectivity index is 1.72. The third-order valence-corrected chi connectivity index (χ3v) is 5.05. The molecular weight excluding hydrogens is 316 g/mol. The molecule has 0 aliphatic heterocycles. The van der Waals surface area contributed by atoms with Crippen molar-refractivity contribution in [1.82, 2.24) is 0 Å². The average molecular weight is 349 g/mol. The summed E-state index contributed by atoms with van der Waals surface area (Å²) in [7, 11) is 0. The highest BCUT2D eigenvalue weighted by molar-refractivity contribution is 5.40. The van der Waals surface area contributed by atoms with E-state index in [1.54, 1.807) is 0 Å². The Morgan fingerprint density at radius 3 is 2.38 bits per heavy atom. The molecule has 0 bridgehead atoms. The Labute approximate surface area is 160 Å². The summed E-state index contributed by atoms with van der Waals surface area (Å²) in [5.74, 6) is 15.2. The molecule has 0 N–H and O–H groups in total. The lowest BCUT2D eigenvalue weighted by Gasteiger charge is -2.24. The molecule has 0 unspecified atom stereocenters. The second-order valence-electron chi connectivity index (χ2n) is 7.10. The molecule has 1 saturated carbocycles. The summed E-state index contributed by atoms with van der Waals surface area (Å²) in [6, 6.07) is 8.00. The first-order valence-corrected chi connectivity index (χ1v) is 10.2. The third kappa shape index (κ3) is 7.84. The van der Waals surface area contributed by atoms with E-state index >= 15 is 0 Å². The van der Waals surface area contributed by atoms with Crippen molar-refractivity contribution < 1.29 is 4.74 Å². The van der Waals surface area contributed by atoms with Gasteiger partial charge in [-0.15, -0.1) is 0 Å². The van der Waals surface area contributed by atoms with E-state index in [0.717, 1.165) is 30.3 Å². The summed E-state index contributed by atoms with van der Waals surface area (Å²) in [5, 5.41) is 0. The number of unbranched alkanes of at least 4 members (excludes halogenated alkanes) is 2. The SMILES string of the molecule is CCCCCOc1ccc(C#C/C=C/C#CC2CCC(CC)CC2)cc1. The van der Waals surface area contributed by atoms with Crippen molar-refractivity contribution in [1.29, 1.82) is 0 Å². The van der Waals surface area contributed by atoms with Gasteiger partial charge in [0.2, 0.25) is 0 Å². The average Bonchev–Trinajstić information content (AvgIpc) is 2.69. The maximum atomic E-state index is 5.71. The van der Waals surface area contributed by atoms with E-state index < -0.39 is 0 Å². The van der Waals surface area contributed by atoms with E-state index in [4.69, 9.17) is 4.74 Å². The van der Waals surface area contributed by atoms with E-state index in [2.05, 4.69) is 37.5 Å². The molecule has 26 heavy (non-hydrogen) atoms. The van der Waals surface area contributed by atoms with Crippen molar-refractivity contribution >= 4 is 0 Å². The van der Waals surface area contributed by atoms with Crippen LogP contribution in [0.25, 0.3) is 0 Å². The number of rotatable bonds is 6. The Morgan fingerprint density at radius 1 is 0.962 bits per heavy atom. The summed E-state index contributed by atoms with van der Waals surface area (Å²) in [5.41, 5.74) is 1.00. The van der Waals surface area contributed by atoms with Gasteiger partial charge in [0.1, 0.15) is 5.75 Å². The molecular formula is C25H32O. The molecule has 1 fully saturated rings. The molecule has 0 saturated heterocycles. The molecule has 0 radical (unpaired) electrons. The molecule has 1 heteroatoms. The van der Waals surface area contributed by atoms with Crippen molar-refractivity contribution in [3.8, 4) is 29.4 Å². The van der Waals surface area contributed by atoms with Crippen LogP contribution in [0.5, 0.6) is 5.75 Å². The Morgan fingerprint density at radius 2 is 1.69 bits per heavy atom. The van der Waals surface area contributed by atoms with Crippen molar-refractivity contribution in [2.75, 3.05) is 6.61 Å². The molecule has 0 heterocycles. The zero-order valence-electron chi connectivity index (χ0n) is 16.4. The first kappa shape index (κ1) is 20.2. The fourth-order valence-electron chi connectivity index (χ4n) is 3.27. The first-order chi connectivity index (χ1) is 12.8. The lowest BCUT2D eigenvalue weighted by molar-refractivity contribution is 0.306. The zero-order chi connectivity index (χ0) is 18.5. The van der Waals surface area contributed by atoms with E-state index in [1.165, 1.54) is 44.9 Å². The van der Waals surface area contributed by atoms with Crippen molar-refractivity contribution in [3.05, 3.63) is 42.0 Å². The minimum absolute atomic E-state index is 0.584. The highest BCUT2D eigenvalue weighted by Gasteiger charge is 2.17. The van der Waals surface area contributed by atoms with Crippen LogP contribution in [-0.2, 0) is 0 Å². The number of hydrogen-bond acceptors (Lipinski definition) is 1. The molecule has 0 amide bonds. The fourth-order valence-corrected chi connectivity index (χ4v) is 3.27. The van der Waals surface area contributed by atoms with Crippen LogP contribution in [0.2, 0.25) is 0 Å². The Hall–Kier alpha value is -2.12. The van der Waals surface area contributed by atoms with Gasteiger partial charge in [-0.2, -0.15) is 0 Å². The maximum absolute atomic E-state index is 5.71. The summed E-state index contributed by atoms with van der Waals surface area (Å²) < 4.78 is 5.71. The van der Waals surface area contributed by atoms with Crippen LogP contribution in [0.4, 0.5) is 0 Å². The van der Waals surface area contributed by atoms with Crippen LogP contribution in [0.1, 0.15) is 70.8 Å². The number of hydrogen-bond donors (Lipinski definition) is 0. The molecule has 0 spiro atoms. The van der Waals surface area contributed by atoms with Crippen LogP contribution < -0.4 is 4.74 Å². The molecule has 138 valence electrons. The topological polar surface area (TPSA) is 9.23 Å². The smallest absolute Gasteiger partial charge is 0.119 e. The Kier molecular flexibility index (Phi) is 9.53. The molecule has 1 nitrogen and oxygen atoms in total. The van der Waals surface area contributed by atoms with Gasteiger partial charge in [0.15, 0.2) is 0 Å². The van der Waals surface area contributed by atoms with Crippen LogP contribution in [0.15, 0.2) is 36.4 Å². The maximum Gasteiger partial charge on any atom is 0.119 e. The lowest BCUT2D eigenvalue weighted by atomic mass is 9.81. The van der Waals surface area contributed by atoms with Gasteiger partial charge in [0.05, 0.1) is 6.61 Å². The van der Waals surface area contributed by atoms with Gasteiger partial charge in [-0.25, -0.2) is 0 Å². The van der Waals surface area contributed by atoms with Crippen molar-refractivity contribution in [2.24, 2.45) is 11.8 Å². The molecule has 0 aromatic heterocycles. The number of ether oxygens (including phenoxy) is 1. The summed E-state index contributed by atoms with van der Waals surface area (Å²) >= 11 is 0. The summed E-state index contributed by atoms with van der Waals surface area (Å²) in [4.78, 5) is 0. The van der Waals surface area contributed by atoms with Gasteiger partial charge in [-0.1, -0.05) is 56.8 Å². The molecule has 0 atom stereocenters. The molecule has 1 aliphatic rings. The number of benzene rings is 1. The minimum atomic E-state index is 0.584. The monoisotopic (exact) mass is 348 g/mol. The normalized spacial score (nSPS) is 19.3. The molecule has 2 rings (SSSR count). The predicted molar refractivity (Wildman–Crippen MR) is 111 cm³/mol. The highest BCUT2D eigenvalue weighted by Crippen LogP contribution is 2.29. The van der Waals surface area contributed by atoms with Gasteiger partial charge >= 0.3 is 0 Å². The molecule has 1 aliphatic carbocycles. The molecule has 1 aromatic rings. The van der Waals surface area contributed by atoms with Crippen LogP contribution >= 0.6 is 0 Å². The third-order valence-electron chi connectivity index (χ3n) is 5.05. The second-order valence-corrected chi connectivity index (χ2v) is 7.10. The van der Waals surface area contributed by atoms with Gasteiger partial charge in [-0.05, 0) is 74.4 Å². The first-order valence-electron chi connectivity index (χ1n) is 10.2. The summed E-state index contributed by atoms with van der Waals surface area (Å²) in [6.07, 6.45) is 13.8. The van der Waals surface area contributed by atoms with Gasteiger partial charge in [-0.3, -0.25) is 0 Å². The highest BCUT2D eigenvalue weighted by atomic mass is 16.5. The fraction of sp³-hybridized carbons (Fsp3) is 0.520. The van der Waals surface area contributed by atoms with E-state index in [0.29, 0.717) is 5.92 Å².